The first kappa shape index (κ1) is 16.0. The molecule has 2 aliphatic rings. The number of benzene rings is 1. The highest BCUT2D eigenvalue weighted by molar-refractivity contribution is 5.81. The van der Waals surface area contributed by atoms with Gasteiger partial charge < -0.3 is 9.64 Å². The van der Waals surface area contributed by atoms with Crippen LogP contribution in [-0.2, 0) is 16.1 Å². The number of carbonyl (C=O) groups excluding carboxylic acids is 1. The Morgan fingerprint density at radius 2 is 1.96 bits per heavy atom. The van der Waals surface area contributed by atoms with E-state index in [-0.39, 0.29) is 17.6 Å². The summed E-state index contributed by atoms with van der Waals surface area (Å²) in [6, 6.07) is 9.93. The van der Waals surface area contributed by atoms with Crippen LogP contribution in [0.1, 0.15) is 30.9 Å². The van der Waals surface area contributed by atoms with E-state index in [1.807, 2.05) is 43.1 Å². The van der Waals surface area contributed by atoms with Crippen molar-refractivity contribution in [3.8, 4) is 6.07 Å². The first-order valence-electron chi connectivity index (χ1n) is 8.15. The van der Waals surface area contributed by atoms with Gasteiger partial charge in [-0.1, -0.05) is 12.1 Å². The van der Waals surface area contributed by atoms with E-state index in [1.54, 1.807) is 0 Å². The molecule has 0 N–H and O–H groups in total. The molecule has 1 aromatic carbocycles. The molecule has 2 saturated heterocycles. The van der Waals surface area contributed by atoms with Crippen LogP contribution in [-0.4, -0.2) is 54.1 Å². The van der Waals surface area contributed by atoms with Gasteiger partial charge in [0.15, 0.2) is 0 Å². The van der Waals surface area contributed by atoms with E-state index < -0.39 is 0 Å². The third-order valence-corrected chi connectivity index (χ3v) is 4.93. The van der Waals surface area contributed by atoms with E-state index in [4.69, 9.17) is 10.00 Å². The quantitative estimate of drug-likeness (QED) is 0.835. The molecule has 23 heavy (non-hydrogen) atoms. The maximum Gasteiger partial charge on any atom is 0.251 e. The number of rotatable bonds is 2. The lowest BCUT2D eigenvalue weighted by Gasteiger charge is -2.48. The number of piperidine rings is 1. The third kappa shape index (κ3) is 3.39. The number of carbonyl (C=O) groups is 1. The summed E-state index contributed by atoms with van der Waals surface area (Å²) in [5.74, 6) is 0.0793. The molecule has 1 amide bonds. The van der Waals surface area contributed by atoms with Crippen LogP contribution >= 0.6 is 0 Å². The van der Waals surface area contributed by atoms with E-state index >= 15 is 0 Å². The summed E-state index contributed by atoms with van der Waals surface area (Å²) in [6.45, 7) is 5.37. The van der Waals surface area contributed by atoms with Crippen LogP contribution in [0, 0.1) is 11.3 Å². The molecule has 0 bridgehead atoms. The van der Waals surface area contributed by atoms with Gasteiger partial charge in [0.25, 0.3) is 5.91 Å². The molecule has 0 saturated carbocycles. The summed E-state index contributed by atoms with van der Waals surface area (Å²) in [6.07, 6.45) is 1.56. The summed E-state index contributed by atoms with van der Waals surface area (Å²) in [4.78, 5) is 16.1. The van der Waals surface area contributed by atoms with Crippen molar-refractivity contribution in [2.45, 2.75) is 38.0 Å². The van der Waals surface area contributed by atoms with Gasteiger partial charge in [-0.15, -0.1) is 0 Å². The van der Waals surface area contributed by atoms with Crippen LogP contribution in [0.2, 0.25) is 0 Å². The topological polar surface area (TPSA) is 56.6 Å². The molecule has 2 heterocycles. The zero-order chi connectivity index (χ0) is 16.4. The Morgan fingerprint density at radius 1 is 1.30 bits per heavy atom. The van der Waals surface area contributed by atoms with E-state index in [0.29, 0.717) is 12.1 Å². The second kappa shape index (κ2) is 6.31. The highest BCUT2D eigenvalue weighted by Crippen LogP contribution is 2.32. The summed E-state index contributed by atoms with van der Waals surface area (Å²) >= 11 is 0. The fourth-order valence-electron chi connectivity index (χ4n) is 3.62. The van der Waals surface area contributed by atoms with Crippen LogP contribution in [0.5, 0.6) is 0 Å². The Morgan fingerprint density at radius 3 is 2.52 bits per heavy atom. The normalized spacial score (nSPS) is 24.7. The Hall–Kier alpha value is -1.90. The standard InChI is InChI=1S/C18H23N3O2/c1-14-17(22)20(2)13-18(23-14)7-9-21(10-8-18)12-16-5-3-15(11-19)4-6-16/h3-6,14H,7-10,12-13H2,1-2H3/t14-/m1/s1. The van der Waals surface area contributed by atoms with Crippen LogP contribution in [0.25, 0.3) is 0 Å². The van der Waals surface area contributed by atoms with Crippen LogP contribution < -0.4 is 0 Å². The van der Waals surface area contributed by atoms with Crippen molar-refractivity contribution in [2.75, 3.05) is 26.7 Å². The molecule has 0 radical (unpaired) electrons. The number of ether oxygens (including phenoxy) is 1. The SMILES string of the molecule is C[C@H]1OC2(CCN(Cc3ccc(C#N)cc3)CC2)CN(C)C1=O. The van der Waals surface area contributed by atoms with Gasteiger partial charge in [0.1, 0.15) is 6.10 Å². The van der Waals surface area contributed by atoms with Crippen molar-refractivity contribution in [2.24, 2.45) is 0 Å². The highest BCUT2D eigenvalue weighted by Gasteiger charge is 2.44. The first-order valence-corrected chi connectivity index (χ1v) is 8.15. The van der Waals surface area contributed by atoms with Gasteiger partial charge in [0.05, 0.1) is 17.2 Å². The van der Waals surface area contributed by atoms with Gasteiger partial charge in [0.2, 0.25) is 0 Å². The molecule has 2 aliphatic heterocycles. The van der Waals surface area contributed by atoms with Crippen molar-refractivity contribution >= 4 is 5.91 Å². The molecule has 1 aromatic rings. The summed E-state index contributed by atoms with van der Waals surface area (Å²) in [5, 5.41) is 8.85. The Labute approximate surface area is 137 Å². The molecule has 5 heteroatoms. The molecule has 3 rings (SSSR count). The molecule has 0 aliphatic carbocycles. The van der Waals surface area contributed by atoms with E-state index in [9.17, 15) is 4.79 Å². The van der Waals surface area contributed by atoms with E-state index in [0.717, 1.165) is 32.5 Å². The number of likely N-dealkylation sites (N-methyl/N-ethyl adjacent to an activating group) is 1. The fourth-order valence-corrected chi connectivity index (χ4v) is 3.62. The maximum absolute atomic E-state index is 11.9. The first-order chi connectivity index (χ1) is 11.0. The Balaban J connectivity index is 1.58. The Kier molecular flexibility index (Phi) is 4.38. The minimum absolute atomic E-state index is 0.0793. The van der Waals surface area contributed by atoms with E-state index in [1.165, 1.54) is 5.56 Å². The monoisotopic (exact) mass is 313 g/mol. The van der Waals surface area contributed by atoms with Gasteiger partial charge in [-0.2, -0.15) is 5.26 Å². The summed E-state index contributed by atoms with van der Waals surface area (Å²) in [5.41, 5.74) is 1.75. The predicted octanol–water partition coefficient (Wildman–Crippen LogP) is 1.77. The number of morpholine rings is 1. The van der Waals surface area contributed by atoms with Gasteiger partial charge >= 0.3 is 0 Å². The van der Waals surface area contributed by atoms with Gasteiger partial charge in [-0.3, -0.25) is 9.69 Å². The molecular formula is C18H23N3O2. The van der Waals surface area contributed by atoms with Crippen LogP contribution in [0.4, 0.5) is 0 Å². The summed E-state index contributed by atoms with van der Waals surface area (Å²) in [7, 11) is 1.87. The summed E-state index contributed by atoms with van der Waals surface area (Å²) < 4.78 is 6.07. The average Bonchev–Trinajstić information content (AvgIpc) is 2.56. The third-order valence-electron chi connectivity index (χ3n) is 4.93. The lowest BCUT2D eigenvalue weighted by Crippen LogP contribution is -2.60. The zero-order valence-electron chi connectivity index (χ0n) is 13.8. The van der Waals surface area contributed by atoms with Crippen molar-refractivity contribution < 1.29 is 9.53 Å². The molecule has 0 aromatic heterocycles. The maximum atomic E-state index is 11.9. The zero-order valence-corrected chi connectivity index (χ0v) is 13.8. The molecule has 2 fully saturated rings. The van der Waals surface area contributed by atoms with Gasteiger partial charge in [-0.25, -0.2) is 0 Å². The lowest BCUT2D eigenvalue weighted by atomic mass is 9.88. The molecule has 1 atom stereocenters. The van der Waals surface area contributed by atoms with Gasteiger partial charge in [0, 0.05) is 33.2 Å². The molecule has 0 unspecified atom stereocenters. The number of nitrogens with zero attached hydrogens (tertiary/aromatic N) is 3. The second-order valence-electron chi connectivity index (χ2n) is 6.72. The van der Waals surface area contributed by atoms with Crippen molar-refractivity contribution in [3.63, 3.8) is 0 Å². The number of hydrogen-bond donors (Lipinski definition) is 0. The van der Waals surface area contributed by atoms with Crippen LogP contribution in [0.15, 0.2) is 24.3 Å². The lowest BCUT2D eigenvalue weighted by molar-refractivity contribution is -0.187. The molecule has 1 spiro atoms. The molecule has 122 valence electrons. The minimum atomic E-state index is -0.334. The smallest absolute Gasteiger partial charge is 0.251 e. The van der Waals surface area contributed by atoms with Crippen molar-refractivity contribution in [3.05, 3.63) is 35.4 Å². The number of amides is 1. The Bertz CT molecular complexity index is 596. The highest BCUT2D eigenvalue weighted by atomic mass is 16.5. The van der Waals surface area contributed by atoms with Crippen LogP contribution in [0.3, 0.4) is 0 Å². The number of likely N-dealkylation sites (tertiary alicyclic amines) is 1. The largest absolute Gasteiger partial charge is 0.360 e. The second-order valence-corrected chi connectivity index (χ2v) is 6.72. The molecular weight excluding hydrogens is 290 g/mol. The number of nitriles is 1. The number of hydrogen-bond acceptors (Lipinski definition) is 4. The predicted molar refractivity (Wildman–Crippen MR) is 86.6 cm³/mol. The van der Waals surface area contributed by atoms with Crippen molar-refractivity contribution in [1.29, 1.82) is 5.26 Å². The average molecular weight is 313 g/mol. The van der Waals surface area contributed by atoms with Crippen molar-refractivity contribution in [1.82, 2.24) is 9.80 Å². The van der Waals surface area contributed by atoms with Gasteiger partial charge in [-0.05, 0) is 37.5 Å². The fraction of sp³-hybridized carbons (Fsp3) is 0.556. The molecule has 5 nitrogen and oxygen atoms in total. The minimum Gasteiger partial charge on any atom is -0.360 e. The van der Waals surface area contributed by atoms with E-state index in [2.05, 4.69) is 11.0 Å².